The van der Waals surface area contributed by atoms with Crippen molar-refractivity contribution < 1.29 is 19.2 Å². The van der Waals surface area contributed by atoms with Gasteiger partial charge in [0.1, 0.15) is 12.1 Å². The topological polar surface area (TPSA) is 98.8 Å². The van der Waals surface area contributed by atoms with Gasteiger partial charge in [-0.25, -0.2) is 5.01 Å². The molecule has 138 valence electrons. The molecule has 2 fully saturated rings. The van der Waals surface area contributed by atoms with E-state index in [0.29, 0.717) is 24.9 Å². The van der Waals surface area contributed by atoms with E-state index < -0.39 is 18.0 Å². The SMILES string of the molecule is CNC(=O)C1CCCN2C(=O)CCC(NC(=O)c3ccccc3)C(=O)N12. The normalized spacial score (nSPS) is 23.1. The fourth-order valence-corrected chi connectivity index (χ4v) is 3.40. The standard InChI is InChI=1S/C18H22N4O4/c1-19-17(25)14-8-5-11-21-15(23)10-9-13(18(26)22(14)21)20-16(24)12-6-3-2-4-7-12/h2-4,6-7,13-14H,5,8-11H2,1H3,(H,19,25)(H,20,24). The van der Waals surface area contributed by atoms with E-state index in [2.05, 4.69) is 10.6 Å². The number of carbonyl (C=O) groups is 4. The van der Waals surface area contributed by atoms with Crippen molar-refractivity contribution in [2.24, 2.45) is 0 Å². The molecule has 1 aromatic rings. The number of hydrogen-bond donors (Lipinski definition) is 2. The molecule has 0 aromatic heterocycles. The third-order valence-corrected chi connectivity index (χ3v) is 4.75. The fourth-order valence-electron chi connectivity index (χ4n) is 3.40. The molecule has 0 saturated carbocycles. The summed E-state index contributed by atoms with van der Waals surface area (Å²) in [5, 5.41) is 7.87. The van der Waals surface area contributed by atoms with Gasteiger partial charge in [-0.1, -0.05) is 18.2 Å². The molecule has 2 saturated heterocycles. The van der Waals surface area contributed by atoms with Crippen molar-refractivity contribution >= 4 is 23.6 Å². The van der Waals surface area contributed by atoms with Gasteiger partial charge in [-0.15, -0.1) is 0 Å². The van der Waals surface area contributed by atoms with Gasteiger partial charge < -0.3 is 10.6 Å². The van der Waals surface area contributed by atoms with Crippen LogP contribution in [0.2, 0.25) is 0 Å². The molecule has 2 unspecified atom stereocenters. The average Bonchev–Trinajstić information content (AvgIpc) is 2.80. The van der Waals surface area contributed by atoms with E-state index in [-0.39, 0.29) is 30.6 Å². The molecule has 3 rings (SSSR count). The Balaban J connectivity index is 1.84. The smallest absolute Gasteiger partial charge is 0.264 e. The summed E-state index contributed by atoms with van der Waals surface area (Å²) in [7, 11) is 1.50. The first-order valence-corrected chi connectivity index (χ1v) is 8.73. The molecule has 2 heterocycles. The average molecular weight is 358 g/mol. The Bertz CT molecular complexity index is 721. The summed E-state index contributed by atoms with van der Waals surface area (Å²) in [6, 6.07) is 7.00. The number of nitrogens with zero attached hydrogens (tertiary/aromatic N) is 2. The number of carbonyl (C=O) groups excluding carboxylic acids is 4. The highest BCUT2D eigenvalue weighted by atomic mass is 16.2. The van der Waals surface area contributed by atoms with E-state index in [1.165, 1.54) is 17.1 Å². The monoisotopic (exact) mass is 358 g/mol. The second-order valence-corrected chi connectivity index (χ2v) is 6.40. The van der Waals surface area contributed by atoms with Crippen molar-refractivity contribution in [2.45, 2.75) is 37.8 Å². The highest BCUT2D eigenvalue weighted by molar-refractivity contribution is 5.99. The van der Waals surface area contributed by atoms with Crippen LogP contribution in [0.3, 0.4) is 0 Å². The predicted molar refractivity (Wildman–Crippen MR) is 92.6 cm³/mol. The third-order valence-electron chi connectivity index (χ3n) is 4.75. The van der Waals surface area contributed by atoms with E-state index in [0.717, 1.165) is 0 Å². The van der Waals surface area contributed by atoms with Gasteiger partial charge in [-0.3, -0.25) is 24.2 Å². The summed E-state index contributed by atoms with van der Waals surface area (Å²) >= 11 is 0. The van der Waals surface area contributed by atoms with Crippen LogP contribution in [0.15, 0.2) is 30.3 Å². The van der Waals surface area contributed by atoms with Gasteiger partial charge in [0.25, 0.3) is 11.8 Å². The molecule has 8 heteroatoms. The number of benzene rings is 1. The molecule has 0 radical (unpaired) electrons. The van der Waals surface area contributed by atoms with E-state index in [1.54, 1.807) is 30.3 Å². The van der Waals surface area contributed by atoms with Crippen molar-refractivity contribution in [3.63, 3.8) is 0 Å². The Hall–Kier alpha value is -2.90. The molecule has 2 atom stereocenters. The zero-order chi connectivity index (χ0) is 18.7. The number of hydrazine groups is 1. The number of rotatable bonds is 3. The highest BCUT2D eigenvalue weighted by Gasteiger charge is 2.44. The first kappa shape index (κ1) is 17.9. The Kier molecular flexibility index (Phi) is 5.20. The zero-order valence-electron chi connectivity index (χ0n) is 14.6. The van der Waals surface area contributed by atoms with Crippen LogP contribution in [0.1, 0.15) is 36.0 Å². The summed E-state index contributed by atoms with van der Waals surface area (Å²) in [5.74, 6) is -1.32. The molecule has 4 amide bonds. The molecule has 0 spiro atoms. The van der Waals surface area contributed by atoms with Crippen molar-refractivity contribution in [1.82, 2.24) is 20.7 Å². The van der Waals surface area contributed by atoms with Crippen LogP contribution >= 0.6 is 0 Å². The molecule has 0 aliphatic carbocycles. The Morgan fingerprint density at radius 3 is 2.54 bits per heavy atom. The summed E-state index contributed by atoms with van der Waals surface area (Å²) in [4.78, 5) is 50.1. The van der Waals surface area contributed by atoms with Crippen LogP contribution in [0.5, 0.6) is 0 Å². The molecule has 0 bridgehead atoms. The van der Waals surface area contributed by atoms with Crippen LogP contribution in [-0.4, -0.2) is 59.3 Å². The van der Waals surface area contributed by atoms with E-state index in [4.69, 9.17) is 0 Å². The van der Waals surface area contributed by atoms with E-state index >= 15 is 0 Å². The maximum absolute atomic E-state index is 13.1. The number of fused-ring (bicyclic) bond motifs is 1. The molecule has 8 nitrogen and oxygen atoms in total. The first-order chi connectivity index (χ1) is 12.5. The van der Waals surface area contributed by atoms with Gasteiger partial charge >= 0.3 is 0 Å². The third kappa shape index (κ3) is 3.40. The van der Waals surface area contributed by atoms with Gasteiger partial charge in [-0.2, -0.15) is 0 Å². The Morgan fingerprint density at radius 2 is 1.85 bits per heavy atom. The summed E-state index contributed by atoms with van der Waals surface area (Å²) < 4.78 is 0. The molecule has 1 aromatic carbocycles. The van der Waals surface area contributed by atoms with Crippen LogP contribution < -0.4 is 10.6 Å². The number of amides is 4. The van der Waals surface area contributed by atoms with Gasteiger partial charge in [0.05, 0.1) is 0 Å². The molecule has 2 aliphatic rings. The fraction of sp³-hybridized carbons (Fsp3) is 0.444. The largest absolute Gasteiger partial charge is 0.357 e. The minimum atomic E-state index is -0.845. The quantitative estimate of drug-likeness (QED) is 0.798. The first-order valence-electron chi connectivity index (χ1n) is 8.73. The lowest BCUT2D eigenvalue weighted by Crippen LogP contribution is -2.63. The molecule has 2 aliphatic heterocycles. The second kappa shape index (κ2) is 7.55. The summed E-state index contributed by atoms with van der Waals surface area (Å²) in [6.07, 6.45) is 1.48. The second-order valence-electron chi connectivity index (χ2n) is 6.40. The van der Waals surface area contributed by atoms with Crippen molar-refractivity contribution in [2.75, 3.05) is 13.6 Å². The van der Waals surface area contributed by atoms with Gasteiger partial charge in [0.2, 0.25) is 11.8 Å². The summed E-state index contributed by atoms with van der Waals surface area (Å²) in [5.41, 5.74) is 0.439. The lowest BCUT2D eigenvalue weighted by Gasteiger charge is -2.42. The van der Waals surface area contributed by atoms with Crippen LogP contribution in [0, 0.1) is 0 Å². The number of hydrogen-bond acceptors (Lipinski definition) is 4. The van der Waals surface area contributed by atoms with Gasteiger partial charge in [0, 0.05) is 25.6 Å². The van der Waals surface area contributed by atoms with E-state index in [9.17, 15) is 19.2 Å². The Morgan fingerprint density at radius 1 is 1.12 bits per heavy atom. The maximum Gasteiger partial charge on any atom is 0.264 e. The number of likely N-dealkylation sites (N-methyl/N-ethyl adjacent to an activating group) is 1. The lowest BCUT2D eigenvalue weighted by molar-refractivity contribution is -0.175. The zero-order valence-corrected chi connectivity index (χ0v) is 14.6. The predicted octanol–water partition coefficient (Wildman–Crippen LogP) is 0.0594. The molecule has 26 heavy (non-hydrogen) atoms. The molecule has 2 N–H and O–H groups in total. The number of nitrogens with one attached hydrogen (secondary N) is 2. The lowest BCUT2D eigenvalue weighted by atomic mass is 10.1. The molecular formula is C18H22N4O4. The van der Waals surface area contributed by atoms with Crippen molar-refractivity contribution in [3.05, 3.63) is 35.9 Å². The van der Waals surface area contributed by atoms with Gasteiger partial charge in [-0.05, 0) is 31.4 Å². The molecular weight excluding hydrogens is 336 g/mol. The van der Waals surface area contributed by atoms with E-state index in [1.807, 2.05) is 0 Å². The summed E-state index contributed by atoms with van der Waals surface area (Å²) in [6.45, 7) is 0.400. The van der Waals surface area contributed by atoms with Crippen molar-refractivity contribution in [1.29, 1.82) is 0 Å². The van der Waals surface area contributed by atoms with Crippen LogP contribution in [0.25, 0.3) is 0 Å². The van der Waals surface area contributed by atoms with Crippen LogP contribution in [0.4, 0.5) is 0 Å². The van der Waals surface area contributed by atoms with Crippen molar-refractivity contribution in [3.8, 4) is 0 Å². The minimum absolute atomic E-state index is 0.141. The highest BCUT2D eigenvalue weighted by Crippen LogP contribution is 2.25. The minimum Gasteiger partial charge on any atom is -0.357 e. The Labute approximate surface area is 151 Å². The maximum atomic E-state index is 13.1. The van der Waals surface area contributed by atoms with Crippen LogP contribution in [-0.2, 0) is 14.4 Å². The van der Waals surface area contributed by atoms with Gasteiger partial charge in [0.15, 0.2) is 0 Å².